The third-order valence-electron chi connectivity index (χ3n) is 1.96. The van der Waals surface area contributed by atoms with E-state index in [1.807, 2.05) is 13.1 Å². The summed E-state index contributed by atoms with van der Waals surface area (Å²) >= 11 is 1.74. The van der Waals surface area contributed by atoms with Gasteiger partial charge in [-0.05, 0) is 6.92 Å². The molecule has 2 N–H and O–H groups in total. The second kappa shape index (κ2) is 5.44. The molecular formula is C10H18N2OS. The van der Waals surface area contributed by atoms with Gasteiger partial charge >= 0.3 is 0 Å². The molecule has 0 unspecified atom stereocenters. The van der Waals surface area contributed by atoms with E-state index in [1.165, 1.54) is 9.88 Å². The molecule has 0 amide bonds. The van der Waals surface area contributed by atoms with Gasteiger partial charge in [-0.1, -0.05) is 13.8 Å². The molecule has 1 rings (SSSR count). The molecule has 0 aliphatic rings. The SMILES string of the molecule is CC(C)c1ncc(CN[C@@H](C)CO)s1. The number of aromatic nitrogens is 1. The lowest BCUT2D eigenvalue weighted by molar-refractivity contribution is 0.251. The third-order valence-corrected chi connectivity index (χ3v) is 3.26. The minimum Gasteiger partial charge on any atom is -0.395 e. The number of hydrogen-bond donors (Lipinski definition) is 2. The van der Waals surface area contributed by atoms with Crippen LogP contribution in [0.15, 0.2) is 6.20 Å². The van der Waals surface area contributed by atoms with E-state index in [9.17, 15) is 0 Å². The Kier molecular flexibility index (Phi) is 4.51. The summed E-state index contributed by atoms with van der Waals surface area (Å²) in [6.07, 6.45) is 1.91. The van der Waals surface area contributed by atoms with Gasteiger partial charge in [-0.15, -0.1) is 11.3 Å². The van der Waals surface area contributed by atoms with Crippen LogP contribution >= 0.6 is 11.3 Å². The number of thiazole rings is 1. The largest absolute Gasteiger partial charge is 0.395 e. The summed E-state index contributed by atoms with van der Waals surface area (Å²) < 4.78 is 0. The number of aliphatic hydroxyl groups is 1. The summed E-state index contributed by atoms with van der Waals surface area (Å²) in [7, 11) is 0. The van der Waals surface area contributed by atoms with Crippen molar-refractivity contribution in [2.75, 3.05) is 6.61 Å². The summed E-state index contributed by atoms with van der Waals surface area (Å²) in [5.41, 5.74) is 0. The number of nitrogens with zero attached hydrogens (tertiary/aromatic N) is 1. The van der Waals surface area contributed by atoms with Gasteiger partial charge in [-0.25, -0.2) is 4.98 Å². The van der Waals surface area contributed by atoms with Gasteiger partial charge in [0.05, 0.1) is 11.6 Å². The van der Waals surface area contributed by atoms with E-state index < -0.39 is 0 Å². The minimum absolute atomic E-state index is 0.152. The van der Waals surface area contributed by atoms with Crippen molar-refractivity contribution in [3.05, 3.63) is 16.1 Å². The van der Waals surface area contributed by atoms with Crippen molar-refractivity contribution in [2.45, 2.75) is 39.3 Å². The van der Waals surface area contributed by atoms with Crippen LogP contribution in [0.3, 0.4) is 0 Å². The normalized spacial score (nSPS) is 13.5. The molecule has 4 heteroatoms. The van der Waals surface area contributed by atoms with Crippen LogP contribution in [0.5, 0.6) is 0 Å². The molecule has 0 aliphatic heterocycles. The van der Waals surface area contributed by atoms with Crippen LogP contribution in [-0.2, 0) is 6.54 Å². The summed E-state index contributed by atoms with van der Waals surface area (Å²) in [5.74, 6) is 0.504. The van der Waals surface area contributed by atoms with Crippen LogP contribution in [0.4, 0.5) is 0 Å². The van der Waals surface area contributed by atoms with Crippen LogP contribution in [0.1, 0.15) is 36.6 Å². The van der Waals surface area contributed by atoms with E-state index in [0.29, 0.717) is 5.92 Å². The molecule has 1 heterocycles. The fraction of sp³-hybridized carbons (Fsp3) is 0.700. The first-order valence-electron chi connectivity index (χ1n) is 4.92. The Morgan fingerprint density at radius 2 is 2.21 bits per heavy atom. The van der Waals surface area contributed by atoms with Crippen molar-refractivity contribution in [1.29, 1.82) is 0 Å². The van der Waals surface area contributed by atoms with Gasteiger partial charge in [0.2, 0.25) is 0 Å². The molecule has 3 nitrogen and oxygen atoms in total. The van der Waals surface area contributed by atoms with Gasteiger partial charge in [0.15, 0.2) is 0 Å². The van der Waals surface area contributed by atoms with Gasteiger partial charge in [-0.3, -0.25) is 0 Å². The molecule has 1 aromatic rings. The zero-order valence-electron chi connectivity index (χ0n) is 8.95. The molecule has 0 bridgehead atoms. The number of rotatable bonds is 5. The molecule has 0 spiro atoms. The van der Waals surface area contributed by atoms with Crippen molar-refractivity contribution in [2.24, 2.45) is 0 Å². The first-order valence-corrected chi connectivity index (χ1v) is 5.74. The quantitative estimate of drug-likeness (QED) is 0.784. The Balaban J connectivity index is 2.44. The van der Waals surface area contributed by atoms with E-state index in [4.69, 9.17) is 5.11 Å². The first kappa shape index (κ1) is 11.6. The Labute approximate surface area is 89.2 Å². The van der Waals surface area contributed by atoms with Gasteiger partial charge in [-0.2, -0.15) is 0 Å². The molecular weight excluding hydrogens is 196 g/mol. The molecule has 1 aromatic heterocycles. The van der Waals surface area contributed by atoms with Crippen LogP contribution in [0.2, 0.25) is 0 Å². The van der Waals surface area contributed by atoms with Crippen LogP contribution in [-0.4, -0.2) is 22.7 Å². The fourth-order valence-corrected chi connectivity index (χ4v) is 1.88. The maximum Gasteiger partial charge on any atom is 0.0953 e. The lowest BCUT2D eigenvalue weighted by atomic mass is 10.2. The number of hydrogen-bond acceptors (Lipinski definition) is 4. The Bertz CT molecular complexity index is 273. The average molecular weight is 214 g/mol. The maximum atomic E-state index is 8.83. The van der Waals surface area contributed by atoms with E-state index >= 15 is 0 Å². The molecule has 0 saturated carbocycles. The number of aliphatic hydroxyl groups excluding tert-OH is 1. The van der Waals surface area contributed by atoms with Crippen molar-refractivity contribution < 1.29 is 5.11 Å². The second-order valence-electron chi connectivity index (χ2n) is 3.78. The Morgan fingerprint density at radius 1 is 1.50 bits per heavy atom. The first-order chi connectivity index (χ1) is 6.63. The molecule has 0 aliphatic carbocycles. The van der Waals surface area contributed by atoms with E-state index in [2.05, 4.69) is 24.1 Å². The van der Waals surface area contributed by atoms with Crippen molar-refractivity contribution in [3.8, 4) is 0 Å². The third kappa shape index (κ3) is 3.36. The summed E-state index contributed by atoms with van der Waals surface area (Å²) in [6, 6.07) is 0.152. The average Bonchev–Trinajstić information content (AvgIpc) is 2.62. The van der Waals surface area contributed by atoms with Gasteiger partial charge in [0.25, 0.3) is 0 Å². The molecule has 1 atom stereocenters. The number of nitrogens with one attached hydrogen (secondary N) is 1. The Hall–Kier alpha value is -0.450. The highest BCUT2D eigenvalue weighted by atomic mass is 32.1. The predicted octanol–water partition coefficient (Wildman–Crippen LogP) is 1.74. The van der Waals surface area contributed by atoms with Crippen LogP contribution in [0, 0.1) is 0 Å². The highest BCUT2D eigenvalue weighted by Crippen LogP contribution is 2.20. The predicted molar refractivity (Wildman–Crippen MR) is 59.6 cm³/mol. The second-order valence-corrected chi connectivity index (χ2v) is 4.93. The minimum atomic E-state index is 0.152. The van der Waals surface area contributed by atoms with Gasteiger partial charge in [0.1, 0.15) is 0 Å². The lowest BCUT2D eigenvalue weighted by Gasteiger charge is -2.08. The molecule has 0 fully saturated rings. The molecule has 14 heavy (non-hydrogen) atoms. The van der Waals surface area contributed by atoms with E-state index in [0.717, 1.165) is 6.54 Å². The molecule has 0 saturated heterocycles. The smallest absolute Gasteiger partial charge is 0.0953 e. The van der Waals surface area contributed by atoms with Crippen molar-refractivity contribution in [3.63, 3.8) is 0 Å². The summed E-state index contributed by atoms with van der Waals surface area (Å²) in [4.78, 5) is 5.57. The van der Waals surface area contributed by atoms with E-state index in [1.54, 1.807) is 11.3 Å². The highest BCUT2D eigenvalue weighted by molar-refractivity contribution is 7.11. The van der Waals surface area contributed by atoms with E-state index in [-0.39, 0.29) is 12.6 Å². The molecule has 0 aromatic carbocycles. The van der Waals surface area contributed by atoms with Gasteiger partial charge < -0.3 is 10.4 Å². The Morgan fingerprint density at radius 3 is 2.71 bits per heavy atom. The summed E-state index contributed by atoms with van der Waals surface area (Å²) in [5, 5.41) is 13.2. The molecule has 80 valence electrons. The standard InChI is InChI=1S/C10H18N2OS/c1-7(2)10-12-5-9(14-10)4-11-8(3)6-13/h5,7-8,11,13H,4,6H2,1-3H3/t8-/m0/s1. The maximum absolute atomic E-state index is 8.83. The zero-order chi connectivity index (χ0) is 10.6. The monoisotopic (exact) mass is 214 g/mol. The zero-order valence-corrected chi connectivity index (χ0v) is 9.77. The lowest BCUT2D eigenvalue weighted by Crippen LogP contribution is -2.28. The van der Waals surface area contributed by atoms with Crippen LogP contribution < -0.4 is 5.32 Å². The fourth-order valence-electron chi connectivity index (χ4n) is 1.01. The van der Waals surface area contributed by atoms with Crippen molar-refractivity contribution >= 4 is 11.3 Å². The topological polar surface area (TPSA) is 45.2 Å². The highest BCUT2D eigenvalue weighted by Gasteiger charge is 2.06. The van der Waals surface area contributed by atoms with Crippen molar-refractivity contribution in [1.82, 2.24) is 10.3 Å². The summed E-state index contributed by atoms with van der Waals surface area (Å²) in [6.45, 7) is 7.23. The molecule has 0 radical (unpaired) electrons. The van der Waals surface area contributed by atoms with Crippen LogP contribution in [0.25, 0.3) is 0 Å². The van der Waals surface area contributed by atoms with Gasteiger partial charge in [0, 0.05) is 29.6 Å².